The third-order valence-corrected chi connectivity index (χ3v) is 2.77. The molecule has 0 spiro atoms. The molecule has 0 radical (unpaired) electrons. The van der Waals surface area contributed by atoms with E-state index in [-0.39, 0.29) is 12.3 Å². The molecule has 0 bridgehead atoms. The molecule has 0 saturated heterocycles. The highest BCUT2D eigenvalue weighted by Crippen LogP contribution is 2.20. The Morgan fingerprint density at radius 2 is 1.87 bits per heavy atom. The van der Waals surface area contributed by atoms with Gasteiger partial charge in [-0.05, 0) is 30.7 Å². The van der Waals surface area contributed by atoms with E-state index in [1.165, 1.54) is 12.8 Å². The van der Waals surface area contributed by atoms with Crippen LogP contribution in [0.1, 0.15) is 46.5 Å². The Kier molecular flexibility index (Phi) is 7.39. The van der Waals surface area contributed by atoms with Gasteiger partial charge in [-0.1, -0.05) is 33.6 Å². The molecule has 0 aliphatic heterocycles. The SMILES string of the molecule is CC(C)CCC(C)CC(CN)CC(=O)O. The van der Waals surface area contributed by atoms with Crippen LogP contribution in [0.3, 0.4) is 0 Å². The van der Waals surface area contributed by atoms with Gasteiger partial charge in [-0.3, -0.25) is 4.79 Å². The van der Waals surface area contributed by atoms with E-state index in [1.807, 2.05) is 0 Å². The fraction of sp³-hybridized carbons (Fsp3) is 0.917. The topological polar surface area (TPSA) is 63.3 Å². The number of carboxylic acids is 1. The van der Waals surface area contributed by atoms with Crippen LogP contribution in [0.5, 0.6) is 0 Å². The van der Waals surface area contributed by atoms with Gasteiger partial charge in [0.2, 0.25) is 0 Å². The smallest absolute Gasteiger partial charge is 0.303 e. The second-order valence-electron chi connectivity index (χ2n) is 5.01. The molecule has 0 amide bonds. The zero-order valence-electron chi connectivity index (χ0n) is 10.2. The molecule has 0 fully saturated rings. The quantitative estimate of drug-likeness (QED) is 0.654. The van der Waals surface area contributed by atoms with Crippen molar-refractivity contribution in [3.05, 3.63) is 0 Å². The Morgan fingerprint density at radius 1 is 1.27 bits per heavy atom. The molecule has 0 rings (SSSR count). The van der Waals surface area contributed by atoms with E-state index < -0.39 is 5.97 Å². The highest BCUT2D eigenvalue weighted by Gasteiger charge is 2.15. The maximum atomic E-state index is 10.6. The second-order valence-corrected chi connectivity index (χ2v) is 5.01. The number of hydrogen-bond donors (Lipinski definition) is 2. The van der Waals surface area contributed by atoms with Gasteiger partial charge >= 0.3 is 5.97 Å². The Hall–Kier alpha value is -0.570. The molecule has 0 aromatic carbocycles. The van der Waals surface area contributed by atoms with Gasteiger partial charge in [0.1, 0.15) is 0 Å². The third kappa shape index (κ3) is 8.43. The molecule has 3 heteroatoms. The third-order valence-electron chi connectivity index (χ3n) is 2.77. The summed E-state index contributed by atoms with van der Waals surface area (Å²) in [4.78, 5) is 10.6. The fourth-order valence-corrected chi connectivity index (χ4v) is 1.81. The van der Waals surface area contributed by atoms with Gasteiger partial charge in [0.05, 0.1) is 0 Å². The molecular formula is C12H25NO2. The minimum atomic E-state index is -0.735. The average molecular weight is 215 g/mol. The minimum Gasteiger partial charge on any atom is -0.481 e. The van der Waals surface area contributed by atoms with Gasteiger partial charge in [0.25, 0.3) is 0 Å². The number of rotatable bonds is 8. The normalized spacial score (nSPS) is 15.3. The van der Waals surface area contributed by atoms with Crippen LogP contribution >= 0.6 is 0 Å². The number of hydrogen-bond acceptors (Lipinski definition) is 2. The van der Waals surface area contributed by atoms with Crippen LogP contribution in [0.15, 0.2) is 0 Å². The molecule has 2 unspecified atom stereocenters. The predicted molar refractivity (Wildman–Crippen MR) is 62.7 cm³/mol. The van der Waals surface area contributed by atoms with Gasteiger partial charge < -0.3 is 10.8 Å². The fourth-order valence-electron chi connectivity index (χ4n) is 1.81. The molecule has 3 nitrogen and oxygen atoms in total. The molecule has 0 aromatic heterocycles. The van der Waals surface area contributed by atoms with Crippen LogP contribution in [0.25, 0.3) is 0 Å². The first kappa shape index (κ1) is 14.4. The lowest BCUT2D eigenvalue weighted by Crippen LogP contribution is -2.20. The number of aliphatic carboxylic acids is 1. The highest BCUT2D eigenvalue weighted by atomic mass is 16.4. The molecule has 0 heterocycles. The van der Waals surface area contributed by atoms with E-state index in [4.69, 9.17) is 10.8 Å². The standard InChI is InChI=1S/C12H25NO2/c1-9(2)4-5-10(3)6-11(8-13)7-12(14)15/h9-11H,4-8,13H2,1-3H3,(H,14,15). The van der Waals surface area contributed by atoms with Crippen molar-refractivity contribution in [2.24, 2.45) is 23.5 Å². The first-order valence-corrected chi connectivity index (χ1v) is 5.87. The maximum absolute atomic E-state index is 10.6. The van der Waals surface area contributed by atoms with Gasteiger partial charge in [-0.15, -0.1) is 0 Å². The minimum absolute atomic E-state index is 0.143. The van der Waals surface area contributed by atoms with E-state index in [0.29, 0.717) is 12.5 Å². The second kappa shape index (κ2) is 7.69. The lowest BCUT2D eigenvalue weighted by molar-refractivity contribution is -0.138. The lowest BCUT2D eigenvalue weighted by Gasteiger charge is -2.18. The zero-order chi connectivity index (χ0) is 11.8. The predicted octanol–water partition coefficient (Wildman–Crippen LogP) is 2.50. The van der Waals surface area contributed by atoms with E-state index in [1.54, 1.807) is 0 Å². The molecule has 0 saturated carbocycles. The Bertz CT molecular complexity index is 180. The number of nitrogens with two attached hydrogens (primary N) is 1. The van der Waals surface area contributed by atoms with E-state index in [0.717, 1.165) is 12.3 Å². The first-order valence-electron chi connectivity index (χ1n) is 5.87. The van der Waals surface area contributed by atoms with Crippen molar-refractivity contribution in [1.29, 1.82) is 0 Å². The van der Waals surface area contributed by atoms with E-state index in [2.05, 4.69) is 20.8 Å². The van der Waals surface area contributed by atoms with Gasteiger partial charge in [-0.2, -0.15) is 0 Å². The van der Waals surface area contributed by atoms with Gasteiger partial charge in [-0.25, -0.2) is 0 Å². The van der Waals surface area contributed by atoms with E-state index >= 15 is 0 Å². The molecule has 15 heavy (non-hydrogen) atoms. The van der Waals surface area contributed by atoms with Crippen LogP contribution in [-0.2, 0) is 4.79 Å². The van der Waals surface area contributed by atoms with Crippen molar-refractivity contribution in [2.45, 2.75) is 46.5 Å². The van der Waals surface area contributed by atoms with Gasteiger partial charge in [0, 0.05) is 6.42 Å². The Balaban J connectivity index is 3.79. The highest BCUT2D eigenvalue weighted by molar-refractivity contribution is 5.67. The molecule has 0 aliphatic carbocycles. The monoisotopic (exact) mass is 215 g/mol. The summed E-state index contributed by atoms with van der Waals surface area (Å²) in [5.41, 5.74) is 5.56. The summed E-state index contributed by atoms with van der Waals surface area (Å²) in [6.07, 6.45) is 3.54. The zero-order valence-corrected chi connectivity index (χ0v) is 10.2. The van der Waals surface area contributed by atoms with Crippen molar-refractivity contribution >= 4 is 5.97 Å². The van der Waals surface area contributed by atoms with Crippen molar-refractivity contribution in [2.75, 3.05) is 6.54 Å². The summed E-state index contributed by atoms with van der Waals surface area (Å²) in [6.45, 7) is 7.10. The molecule has 2 atom stereocenters. The molecule has 90 valence electrons. The lowest BCUT2D eigenvalue weighted by atomic mass is 9.89. The van der Waals surface area contributed by atoms with Crippen LogP contribution in [0.2, 0.25) is 0 Å². The van der Waals surface area contributed by atoms with Gasteiger partial charge in [0.15, 0.2) is 0 Å². The largest absolute Gasteiger partial charge is 0.481 e. The molecule has 3 N–H and O–H groups in total. The van der Waals surface area contributed by atoms with Crippen LogP contribution < -0.4 is 5.73 Å². The Labute approximate surface area is 93.0 Å². The number of carboxylic acid groups (broad SMARTS) is 1. The summed E-state index contributed by atoms with van der Waals surface area (Å²) >= 11 is 0. The first-order chi connectivity index (χ1) is 6.95. The van der Waals surface area contributed by atoms with Crippen LogP contribution in [0, 0.1) is 17.8 Å². The van der Waals surface area contributed by atoms with Crippen molar-refractivity contribution in [1.82, 2.24) is 0 Å². The van der Waals surface area contributed by atoms with Crippen molar-refractivity contribution in [3.8, 4) is 0 Å². The summed E-state index contributed by atoms with van der Waals surface area (Å²) in [5.74, 6) is 0.717. The van der Waals surface area contributed by atoms with Crippen molar-refractivity contribution < 1.29 is 9.90 Å². The van der Waals surface area contributed by atoms with E-state index in [9.17, 15) is 4.79 Å². The van der Waals surface area contributed by atoms with Crippen LogP contribution in [-0.4, -0.2) is 17.6 Å². The molecular weight excluding hydrogens is 190 g/mol. The number of carbonyl (C=O) groups is 1. The Morgan fingerprint density at radius 3 is 2.27 bits per heavy atom. The maximum Gasteiger partial charge on any atom is 0.303 e. The summed E-state index contributed by atoms with van der Waals surface area (Å²) in [7, 11) is 0. The molecule has 0 aliphatic rings. The summed E-state index contributed by atoms with van der Waals surface area (Å²) in [5, 5.41) is 8.69. The molecule has 0 aromatic rings. The van der Waals surface area contributed by atoms with Crippen molar-refractivity contribution in [3.63, 3.8) is 0 Å². The summed E-state index contributed by atoms with van der Waals surface area (Å²) in [6, 6.07) is 0. The summed E-state index contributed by atoms with van der Waals surface area (Å²) < 4.78 is 0. The van der Waals surface area contributed by atoms with Crippen LogP contribution in [0.4, 0.5) is 0 Å². The average Bonchev–Trinajstić information content (AvgIpc) is 2.13.